The molecule has 3 heterocycles. The van der Waals surface area contributed by atoms with Gasteiger partial charge in [-0.15, -0.1) is 10.2 Å². The molecule has 0 radical (unpaired) electrons. The minimum absolute atomic E-state index is 0.0788. The van der Waals surface area contributed by atoms with E-state index >= 15 is 0 Å². The van der Waals surface area contributed by atoms with Crippen molar-refractivity contribution in [2.24, 2.45) is 0 Å². The Hall–Kier alpha value is -3.89. The molecule has 0 atom stereocenters. The van der Waals surface area contributed by atoms with Gasteiger partial charge in [0.25, 0.3) is 0 Å². The molecule has 184 valence electrons. The summed E-state index contributed by atoms with van der Waals surface area (Å²) in [5, 5.41) is 14.3. The molecular weight excluding hydrogens is 480 g/mol. The second kappa shape index (κ2) is 10.8. The molecule has 11 heteroatoms. The minimum Gasteiger partial charge on any atom is -0.388 e. The average molecular weight is 505 g/mol. The molecule has 0 bridgehead atoms. The van der Waals surface area contributed by atoms with Gasteiger partial charge in [-0.3, -0.25) is 5.43 Å². The lowest BCUT2D eigenvalue weighted by Crippen LogP contribution is -2.46. The van der Waals surface area contributed by atoms with Crippen LogP contribution in [0.15, 0.2) is 54.9 Å². The van der Waals surface area contributed by atoms with Crippen molar-refractivity contribution in [2.75, 3.05) is 13.1 Å². The Morgan fingerprint density at radius 2 is 1.64 bits per heavy atom. The summed E-state index contributed by atoms with van der Waals surface area (Å²) in [5.41, 5.74) is 7.17. The molecule has 36 heavy (non-hydrogen) atoms. The standard InChI is InChI=1S/C25H25ClN8O2/c1-17-5-7-18(8-6-17)23-22(19-9-11-20(26)12-10-19)29-21(15-34-28-16-27-32-34)24(30-23)36-25(35)31-33-13-3-2-4-14-33/h5-12,16H,2-4,13-15H2,1H3,(H,31,35). The normalized spacial score (nSPS) is 13.9. The number of piperidine rings is 1. The summed E-state index contributed by atoms with van der Waals surface area (Å²) in [6.07, 6.45) is 3.92. The van der Waals surface area contributed by atoms with Crippen molar-refractivity contribution in [3.05, 3.63) is 71.1 Å². The highest BCUT2D eigenvalue weighted by Crippen LogP contribution is 2.33. The second-order valence-corrected chi connectivity index (χ2v) is 9.00. The lowest BCUT2D eigenvalue weighted by atomic mass is 10.0. The van der Waals surface area contributed by atoms with Crippen molar-refractivity contribution in [2.45, 2.75) is 32.7 Å². The first-order valence-corrected chi connectivity index (χ1v) is 12.1. The number of ether oxygens (including phenoxy) is 1. The molecular formula is C25H25ClN8O2. The molecule has 1 N–H and O–H groups in total. The third kappa shape index (κ3) is 5.67. The number of hydrazine groups is 1. The topological polar surface area (TPSA) is 111 Å². The number of rotatable bonds is 6. The lowest BCUT2D eigenvalue weighted by molar-refractivity contribution is 0.127. The molecule has 1 aliphatic heterocycles. The van der Waals surface area contributed by atoms with E-state index in [0.29, 0.717) is 22.1 Å². The zero-order chi connectivity index (χ0) is 24.9. The number of carbonyl (C=O) groups is 1. The first-order chi connectivity index (χ1) is 17.5. The first kappa shape index (κ1) is 23.8. The van der Waals surface area contributed by atoms with Gasteiger partial charge >= 0.3 is 6.09 Å². The zero-order valence-corrected chi connectivity index (χ0v) is 20.5. The van der Waals surface area contributed by atoms with Crippen LogP contribution >= 0.6 is 11.6 Å². The van der Waals surface area contributed by atoms with Crippen molar-refractivity contribution in [1.82, 2.24) is 40.6 Å². The number of nitrogens with zero attached hydrogens (tertiary/aromatic N) is 7. The van der Waals surface area contributed by atoms with Gasteiger partial charge in [-0.05, 0) is 37.1 Å². The molecule has 2 aromatic carbocycles. The first-order valence-electron chi connectivity index (χ1n) is 11.7. The summed E-state index contributed by atoms with van der Waals surface area (Å²) in [5.74, 6) is 0.0788. The predicted octanol–water partition coefficient (Wildman–Crippen LogP) is 4.30. The third-order valence-electron chi connectivity index (χ3n) is 5.85. The van der Waals surface area contributed by atoms with Crippen LogP contribution in [0.3, 0.4) is 0 Å². The predicted molar refractivity (Wildman–Crippen MR) is 134 cm³/mol. The number of amides is 1. The van der Waals surface area contributed by atoms with Gasteiger partial charge in [-0.1, -0.05) is 60.0 Å². The van der Waals surface area contributed by atoms with E-state index in [1.807, 2.05) is 48.3 Å². The van der Waals surface area contributed by atoms with E-state index in [1.165, 1.54) is 11.1 Å². The van der Waals surface area contributed by atoms with Gasteiger partial charge in [0.2, 0.25) is 5.88 Å². The molecule has 1 amide bonds. The van der Waals surface area contributed by atoms with E-state index in [-0.39, 0.29) is 12.4 Å². The molecule has 0 unspecified atom stereocenters. The number of aryl methyl sites for hydroxylation is 1. The minimum atomic E-state index is -0.618. The highest BCUT2D eigenvalue weighted by molar-refractivity contribution is 6.30. The summed E-state index contributed by atoms with van der Waals surface area (Å²) >= 11 is 6.13. The van der Waals surface area contributed by atoms with Crippen LogP contribution in [0.5, 0.6) is 5.88 Å². The number of carbonyl (C=O) groups excluding carboxylic acids is 1. The van der Waals surface area contributed by atoms with Crippen LogP contribution in [0.1, 0.15) is 30.5 Å². The highest BCUT2D eigenvalue weighted by Gasteiger charge is 2.22. The van der Waals surface area contributed by atoms with E-state index in [2.05, 4.69) is 20.8 Å². The van der Waals surface area contributed by atoms with E-state index < -0.39 is 6.09 Å². The van der Waals surface area contributed by atoms with E-state index in [4.69, 9.17) is 26.3 Å². The fourth-order valence-corrected chi connectivity index (χ4v) is 4.13. The molecule has 1 saturated heterocycles. The Balaban J connectivity index is 1.57. The fourth-order valence-electron chi connectivity index (χ4n) is 4.00. The van der Waals surface area contributed by atoms with Gasteiger partial charge in [0.05, 0.1) is 5.69 Å². The van der Waals surface area contributed by atoms with Crippen molar-refractivity contribution in [3.63, 3.8) is 0 Å². The van der Waals surface area contributed by atoms with Crippen LogP contribution in [-0.2, 0) is 6.54 Å². The average Bonchev–Trinajstić information content (AvgIpc) is 3.40. The smallest absolute Gasteiger partial charge is 0.388 e. The van der Waals surface area contributed by atoms with Crippen LogP contribution in [0, 0.1) is 6.92 Å². The van der Waals surface area contributed by atoms with Crippen molar-refractivity contribution < 1.29 is 9.53 Å². The SMILES string of the molecule is Cc1ccc(-c2nc(OC(=O)NN3CCCCC3)c(Cn3ncnn3)nc2-c2ccc(Cl)cc2)cc1. The summed E-state index contributed by atoms with van der Waals surface area (Å²) in [4.78, 5) is 23.9. The number of nitrogens with one attached hydrogen (secondary N) is 1. The number of halogens is 1. The number of aromatic nitrogens is 6. The molecule has 0 aliphatic carbocycles. The van der Waals surface area contributed by atoms with Gasteiger partial charge in [0, 0.05) is 29.2 Å². The Morgan fingerprint density at radius 3 is 2.31 bits per heavy atom. The number of tetrazole rings is 1. The highest BCUT2D eigenvalue weighted by atomic mass is 35.5. The van der Waals surface area contributed by atoms with Crippen LogP contribution in [0.2, 0.25) is 5.02 Å². The molecule has 0 saturated carbocycles. The molecule has 1 aliphatic rings. The fraction of sp³-hybridized carbons (Fsp3) is 0.280. The molecule has 2 aromatic heterocycles. The largest absolute Gasteiger partial charge is 0.428 e. The van der Waals surface area contributed by atoms with Crippen molar-refractivity contribution in [3.8, 4) is 28.4 Å². The number of hydrogen-bond donors (Lipinski definition) is 1. The number of hydrogen-bond acceptors (Lipinski definition) is 8. The van der Waals surface area contributed by atoms with Crippen LogP contribution in [-0.4, -0.2) is 54.4 Å². The Labute approximate surface area is 213 Å². The van der Waals surface area contributed by atoms with Crippen LogP contribution < -0.4 is 10.2 Å². The Bertz CT molecular complexity index is 1320. The Kier molecular flexibility index (Phi) is 7.15. The quantitative estimate of drug-likeness (QED) is 0.414. The van der Waals surface area contributed by atoms with Gasteiger partial charge in [0.1, 0.15) is 17.9 Å². The van der Waals surface area contributed by atoms with E-state index in [0.717, 1.165) is 49.0 Å². The maximum Gasteiger partial charge on any atom is 0.428 e. The molecule has 5 rings (SSSR count). The molecule has 0 spiro atoms. The zero-order valence-electron chi connectivity index (χ0n) is 19.8. The van der Waals surface area contributed by atoms with Gasteiger partial charge in [0.15, 0.2) is 6.33 Å². The molecule has 10 nitrogen and oxygen atoms in total. The van der Waals surface area contributed by atoms with E-state index in [9.17, 15) is 4.79 Å². The van der Waals surface area contributed by atoms with E-state index in [1.54, 1.807) is 12.1 Å². The maximum atomic E-state index is 12.8. The third-order valence-corrected chi connectivity index (χ3v) is 6.10. The van der Waals surface area contributed by atoms with Gasteiger partial charge in [-0.25, -0.2) is 19.8 Å². The monoisotopic (exact) mass is 504 g/mol. The molecule has 4 aromatic rings. The molecule has 1 fully saturated rings. The van der Waals surface area contributed by atoms with Gasteiger partial charge in [-0.2, -0.15) is 4.80 Å². The summed E-state index contributed by atoms with van der Waals surface area (Å²) < 4.78 is 5.72. The van der Waals surface area contributed by atoms with Crippen molar-refractivity contribution in [1.29, 1.82) is 0 Å². The summed E-state index contributed by atoms with van der Waals surface area (Å²) in [7, 11) is 0. The summed E-state index contributed by atoms with van der Waals surface area (Å²) in [6.45, 7) is 3.69. The lowest BCUT2D eigenvalue weighted by Gasteiger charge is -2.26. The van der Waals surface area contributed by atoms with Crippen molar-refractivity contribution >= 4 is 17.7 Å². The Morgan fingerprint density at radius 1 is 0.972 bits per heavy atom. The van der Waals surface area contributed by atoms with Crippen LogP contribution in [0.25, 0.3) is 22.5 Å². The van der Waals surface area contributed by atoms with Gasteiger partial charge < -0.3 is 4.74 Å². The van der Waals surface area contributed by atoms with Crippen LogP contribution in [0.4, 0.5) is 4.79 Å². The summed E-state index contributed by atoms with van der Waals surface area (Å²) in [6, 6.07) is 15.3. The maximum absolute atomic E-state index is 12.8. The number of benzene rings is 2. The second-order valence-electron chi connectivity index (χ2n) is 8.56.